The van der Waals surface area contributed by atoms with Crippen LogP contribution in [0.1, 0.15) is 37.6 Å². The van der Waals surface area contributed by atoms with Crippen LogP contribution in [0, 0.1) is 5.92 Å². The highest BCUT2D eigenvalue weighted by Crippen LogP contribution is 2.36. The summed E-state index contributed by atoms with van der Waals surface area (Å²) in [6, 6.07) is 5.70. The molecule has 1 aliphatic heterocycles. The predicted molar refractivity (Wildman–Crippen MR) is 75.2 cm³/mol. The van der Waals surface area contributed by atoms with E-state index in [-0.39, 0.29) is 5.56 Å². The minimum absolute atomic E-state index is 0.249. The third kappa shape index (κ3) is 2.83. The molecule has 1 aromatic carbocycles. The fourth-order valence-electron chi connectivity index (χ4n) is 2.70. The molecular weight excluding hydrogens is 242 g/mol. The number of para-hydroxylation sites is 1. The van der Waals surface area contributed by atoms with E-state index in [0.717, 1.165) is 18.7 Å². The van der Waals surface area contributed by atoms with Gasteiger partial charge in [-0.25, -0.2) is 4.79 Å². The van der Waals surface area contributed by atoms with Crippen LogP contribution in [0.2, 0.25) is 0 Å². The lowest BCUT2D eigenvalue weighted by Crippen LogP contribution is -2.40. The van der Waals surface area contributed by atoms with Crippen molar-refractivity contribution in [3.05, 3.63) is 23.8 Å². The molecule has 104 valence electrons. The number of carboxylic acids is 1. The van der Waals surface area contributed by atoms with Gasteiger partial charge in [-0.2, -0.15) is 0 Å². The zero-order valence-corrected chi connectivity index (χ0v) is 11.7. The molecule has 2 rings (SSSR count). The number of fused-ring (bicyclic) bond motifs is 1. The first-order valence-electron chi connectivity index (χ1n) is 6.76. The molecule has 0 aromatic heterocycles. The van der Waals surface area contributed by atoms with Gasteiger partial charge in [0.2, 0.25) is 0 Å². The molecule has 0 saturated heterocycles. The van der Waals surface area contributed by atoms with Crippen LogP contribution in [0.15, 0.2) is 18.2 Å². The Labute approximate surface area is 114 Å². The smallest absolute Gasteiger partial charge is 0.339 e. The molecule has 0 aliphatic carbocycles. The first-order valence-corrected chi connectivity index (χ1v) is 6.76. The van der Waals surface area contributed by atoms with E-state index < -0.39 is 5.97 Å². The predicted octanol–water partition coefficient (Wildman–Crippen LogP) is 3.02. The van der Waals surface area contributed by atoms with Crippen LogP contribution in [-0.2, 0) is 0 Å². The van der Waals surface area contributed by atoms with Gasteiger partial charge >= 0.3 is 5.97 Å². The fraction of sp³-hybridized carbons (Fsp3) is 0.533. The van der Waals surface area contributed by atoms with Crippen molar-refractivity contribution in [3.63, 3.8) is 0 Å². The van der Waals surface area contributed by atoms with E-state index in [1.165, 1.54) is 0 Å². The van der Waals surface area contributed by atoms with Gasteiger partial charge in [-0.1, -0.05) is 19.9 Å². The Bertz CT molecular complexity index is 470. The summed E-state index contributed by atoms with van der Waals surface area (Å²) in [5, 5.41) is 9.21. The summed E-state index contributed by atoms with van der Waals surface area (Å²) in [5.41, 5.74) is 1.15. The first kappa shape index (κ1) is 13.7. The van der Waals surface area contributed by atoms with Crippen molar-refractivity contribution in [1.29, 1.82) is 0 Å². The largest absolute Gasteiger partial charge is 0.489 e. The van der Waals surface area contributed by atoms with Crippen molar-refractivity contribution in [2.75, 3.05) is 18.1 Å². The summed E-state index contributed by atoms with van der Waals surface area (Å²) in [4.78, 5) is 13.5. The molecule has 0 bridgehead atoms. The number of aromatic carboxylic acids is 1. The lowest BCUT2D eigenvalue weighted by Gasteiger charge is -2.37. The van der Waals surface area contributed by atoms with Crippen molar-refractivity contribution < 1.29 is 14.6 Å². The maximum absolute atomic E-state index is 11.2. The second-order valence-corrected chi connectivity index (χ2v) is 5.48. The average Bonchev–Trinajstić information content (AvgIpc) is 2.36. The number of carbonyl (C=O) groups is 1. The van der Waals surface area contributed by atoms with E-state index in [9.17, 15) is 9.90 Å². The highest BCUT2D eigenvalue weighted by Gasteiger charge is 2.26. The maximum atomic E-state index is 11.2. The number of hydrogen-bond donors (Lipinski definition) is 1. The summed E-state index contributed by atoms with van der Waals surface area (Å²) in [7, 11) is 0. The Morgan fingerprint density at radius 1 is 1.42 bits per heavy atom. The second kappa shape index (κ2) is 5.51. The molecule has 4 nitrogen and oxygen atoms in total. The molecule has 0 radical (unpaired) electrons. The number of rotatable bonds is 4. The molecule has 1 aromatic rings. The van der Waals surface area contributed by atoms with Gasteiger partial charge < -0.3 is 14.7 Å². The van der Waals surface area contributed by atoms with Crippen molar-refractivity contribution in [2.24, 2.45) is 5.92 Å². The third-order valence-corrected chi connectivity index (χ3v) is 3.46. The van der Waals surface area contributed by atoms with Crippen LogP contribution in [0.3, 0.4) is 0 Å². The summed E-state index contributed by atoms with van der Waals surface area (Å²) in [6.07, 6.45) is 1.08. The molecule has 19 heavy (non-hydrogen) atoms. The van der Waals surface area contributed by atoms with Crippen LogP contribution in [0.5, 0.6) is 5.75 Å². The Balaban J connectivity index is 2.34. The number of ether oxygens (including phenoxy) is 1. The average molecular weight is 263 g/mol. The third-order valence-electron chi connectivity index (χ3n) is 3.46. The monoisotopic (exact) mass is 263 g/mol. The molecule has 1 aliphatic rings. The minimum atomic E-state index is -0.935. The van der Waals surface area contributed by atoms with E-state index >= 15 is 0 Å². The topological polar surface area (TPSA) is 49.8 Å². The summed E-state index contributed by atoms with van der Waals surface area (Å²) < 4.78 is 5.58. The van der Waals surface area contributed by atoms with Gasteiger partial charge in [-0.15, -0.1) is 0 Å². The summed E-state index contributed by atoms with van der Waals surface area (Å²) in [6.45, 7) is 7.93. The van der Waals surface area contributed by atoms with Crippen LogP contribution < -0.4 is 9.64 Å². The van der Waals surface area contributed by atoms with Gasteiger partial charge in [-0.05, 0) is 31.4 Å². The van der Waals surface area contributed by atoms with Gasteiger partial charge in [0.05, 0.1) is 12.2 Å². The van der Waals surface area contributed by atoms with Crippen LogP contribution in [0.25, 0.3) is 0 Å². The SMILES string of the molecule is CC(C)CC(C)N1CCOc2c(C(=O)O)cccc21. The lowest BCUT2D eigenvalue weighted by molar-refractivity contribution is 0.0692. The lowest BCUT2D eigenvalue weighted by atomic mass is 10.0. The fourth-order valence-corrected chi connectivity index (χ4v) is 2.70. The van der Waals surface area contributed by atoms with Crippen molar-refractivity contribution in [3.8, 4) is 5.75 Å². The Hall–Kier alpha value is -1.71. The zero-order valence-electron chi connectivity index (χ0n) is 11.7. The highest BCUT2D eigenvalue weighted by molar-refractivity contribution is 5.93. The minimum Gasteiger partial charge on any atom is -0.489 e. The van der Waals surface area contributed by atoms with Gasteiger partial charge in [0.25, 0.3) is 0 Å². The summed E-state index contributed by atoms with van der Waals surface area (Å²) >= 11 is 0. The number of hydrogen-bond acceptors (Lipinski definition) is 3. The Kier molecular flexibility index (Phi) is 3.98. The van der Waals surface area contributed by atoms with Gasteiger partial charge in [-0.3, -0.25) is 0 Å². The van der Waals surface area contributed by atoms with Crippen molar-refractivity contribution in [2.45, 2.75) is 33.2 Å². The number of benzene rings is 1. The van der Waals surface area contributed by atoms with E-state index in [0.29, 0.717) is 24.3 Å². The number of carboxylic acid groups (broad SMARTS) is 1. The Morgan fingerprint density at radius 3 is 2.79 bits per heavy atom. The van der Waals surface area contributed by atoms with E-state index in [4.69, 9.17) is 4.74 Å². The maximum Gasteiger partial charge on any atom is 0.339 e. The highest BCUT2D eigenvalue weighted by atomic mass is 16.5. The van der Waals surface area contributed by atoms with E-state index in [2.05, 4.69) is 25.7 Å². The molecule has 1 heterocycles. The molecule has 0 saturated carbocycles. The standard InChI is InChI=1S/C15H21NO3/c1-10(2)9-11(3)16-7-8-19-14-12(15(17)18)5-4-6-13(14)16/h4-6,10-11H,7-9H2,1-3H3,(H,17,18). The molecule has 0 fully saturated rings. The zero-order chi connectivity index (χ0) is 14.0. The molecule has 0 spiro atoms. The molecule has 1 unspecified atom stereocenters. The van der Waals surface area contributed by atoms with Crippen molar-refractivity contribution >= 4 is 11.7 Å². The molecule has 1 atom stereocenters. The molecule has 0 amide bonds. The Morgan fingerprint density at radius 2 is 2.16 bits per heavy atom. The molecule has 1 N–H and O–H groups in total. The van der Waals surface area contributed by atoms with Crippen molar-refractivity contribution in [1.82, 2.24) is 0 Å². The van der Waals surface area contributed by atoms with Crippen LogP contribution in [0.4, 0.5) is 5.69 Å². The quantitative estimate of drug-likeness (QED) is 0.907. The summed E-state index contributed by atoms with van der Waals surface area (Å²) in [5.74, 6) is 0.191. The van der Waals surface area contributed by atoms with Crippen LogP contribution in [-0.4, -0.2) is 30.3 Å². The first-order chi connectivity index (χ1) is 9.00. The molecular formula is C15H21NO3. The number of anilines is 1. The number of nitrogens with zero attached hydrogens (tertiary/aromatic N) is 1. The van der Waals surface area contributed by atoms with E-state index in [1.54, 1.807) is 12.1 Å². The molecule has 4 heteroatoms. The van der Waals surface area contributed by atoms with Crippen LogP contribution >= 0.6 is 0 Å². The van der Waals surface area contributed by atoms with Gasteiger partial charge in [0.1, 0.15) is 12.2 Å². The van der Waals surface area contributed by atoms with Gasteiger partial charge in [0.15, 0.2) is 5.75 Å². The van der Waals surface area contributed by atoms with Gasteiger partial charge in [0, 0.05) is 6.04 Å². The second-order valence-electron chi connectivity index (χ2n) is 5.48. The normalized spacial score (nSPS) is 15.9. The van der Waals surface area contributed by atoms with E-state index in [1.807, 2.05) is 6.07 Å².